The van der Waals surface area contributed by atoms with Gasteiger partial charge in [-0.2, -0.15) is 0 Å². The Morgan fingerprint density at radius 1 is 1.06 bits per heavy atom. The van der Waals surface area contributed by atoms with E-state index < -0.39 is 29.9 Å². The van der Waals surface area contributed by atoms with E-state index in [2.05, 4.69) is 4.99 Å². The molecular formula is C27H30ClNO5. The summed E-state index contributed by atoms with van der Waals surface area (Å²) in [4.78, 5) is 30.9. The van der Waals surface area contributed by atoms with E-state index in [9.17, 15) is 14.7 Å². The van der Waals surface area contributed by atoms with E-state index in [1.165, 1.54) is 0 Å². The van der Waals surface area contributed by atoms with E-state index in [0.29, 0.717) is 40.4 Å². The molecule has 0 fully saturated rings. The van der Waals surface area contributed by atoms with E-state index in [1.54, 1.807) is 39.0 Å². The Hall–Kier alpha value is -2.96. The maximum Gasteiger partial charge on any atom is 0.336 e. The molecule has 0 radical (unpaired) electrons. The van der Waals surface area contributed by atoms with E-state index in [0.717, 1.165) is 5.56 Å². The minimum Gasteiger partial charge on any atom is -0.465 e. The zero-order valence-corrected chi connectivity index (χ0v) is 20.4. The highest BCUT2D eigenvalue weighted by Gasteiger charge is 2.43. The number of hydrogen-bond acceptors (Lipinski definition) is 6. The van der Waals surface area contributed by atoms with E-state index in [-0.39, 0.29) is 13.2 Å². The molecule has 7 heteroatoms. The van der Waals surface area contributed by atoms with Crippen LogP contribution in [0.1, 0.15) is 56.8 Å². The smallest absolute Gasteiger partial charge is 0.336 e. The number of rotatable bonds is 9. The van der Waals surface area contributed by atoms with Crippen LogP contribution in [0.15, 0.2) is 70.9 Å². The lowest BCUT2D eigenvalue weighted by Gasteiger charge is -2.32. The number of aliphatic hydroxyl groups excluding tert-OH is 1. The molecule has 6 nitrogen and oxygen atoms in total. The van der Waals surface area contributed by atoms with Crippen molar-refractivity contribution in [3.05, 3.63) is 82.0 Å². The first-order valence-electron chi connectivity index (χ1n) is 11.5. The number of esters is 2. The van der Waals surface area contributed by atoms with Gasteiger partial charge >= 0.3 is 11.9 Å². The van der Waals surface area contributed by atoms with Crippen LogP contribution in [0.25, 0.3) is 0 Å². The van der Waals surface area contributed by atoms with Crippen LogP contribution in [-0.2, 0) is 19.1 Å². The lowest BCUT2D eigenvalue weighted by Crippen LogP contribution is -2.37. The number of benzene rings is 2. The largest absolute Gasteiger partial charge is 0.465 e. The normalized spacial score (nSPS) is 18.8. The summed E-state index contributed by atoms with van der Waals surface area (Å²) in [5.41, 5.74) is 2.82. The highest BCUT2D eigenvalue weighted by Crippen LogP contribution is 2.42. The Kier molecular flexibility index (Phi) is 9.02. The Labute approximate surface area is 205 Å². The number of hydrogen-bond donors (Lipinski definition) is 1. The summed E-state index contributed by atoms with van der Waals surface area (Å²) >= 11 is 6.27. The van der Waals surface area contributed by atoms with E-state index >= 15 is 0 Å². The minimum absolute atomic E-state index is 0.178. The quantitative estimate of drug-likeness (QED) is 0.482. The molecule has 3 unspecified atom stereocenters. The molecule has 1 N–H and O–H groups in total. The van der Waals surface area contributed by atoms with Crippen molar-refractivity contribution in [1.29, 1.82) is 0 Å². The highest BCUT2D eigenvalue weighted by atomic mass is 35.5. The average Bonchev–Trinajstić information content (AvgIpc) is 2.82. The molecule has 1 aliphatic rings. The number of aliphatic imine (C=N–C) groups is 1. The highest BCUT2D eigenvalue weighted by molar-refractivity contribution is 6.30. The van der Waals surface area contributed by atoms with Gasteiger partial charge in [0.05, 0.1) is 30.6 Å². The zero-order chi connectivity index (χ0) is 24.7. The van der Waals surface area contributed by atoms with Crippen LogP contribution < -0.4 is 0 Å². The third-order valence-electron chi connectivity index (χ3n) is 5.80. The van der Waals surface area contributed by atoms with Gasteiger partial charge in [0, 0.05) is 16.7 Å². The van der Waals surface area contributed by atoms with Crippen LogP contribution in [0.4, 0.5) is 0 Å². The Balaban J connectivity index is 2.08. The van der Waals surface area contributed by atoms with Crippen LogP contribution in [0.5, 0.6) is 0 Å². The summed E-state index contributed by atoms with van der Waals surface area (Å²) in [7, 11) is 0. The predicted octanol–water partition coefficient (Wildman–Crippen LogP) is 5.41. The molecule has 1 heterocycles. The summed E-state index contributed by atoms with van der Waals surface area (Å²) in [6, 6.07) is 16.4. The topological polar surface area (TPSA) is 85.2 Å². The van der Waals surface area contributed by atoms with E-state index in [4.69, 9.17) is 21.1 Å². The van der Waals surface area contributed by atoms with Gasteiger partial charge in [-0.15, -0.1) is 0 Å². The maximum atomic E-state index is 13.2. The summed E-state index contributed by atoms with van der Waals surface area (Å²) < 4.78 is 10.7. The average molecular weight is 484 g/mol. The van der Waals surface area contributed by atoms with Gasteiger partial charge in [-0.25, -0.2) is 4.79 Å². The second-order valence-corrected chi connectivity index (χ2v) is 8.50. The van der Waals surface area contributed by atoms with Crippen molar-refractivity contribution in [3.63, 3.8) is 0 Å². The number of nitrogens with zero attached hydrogens (tertiary/aromatic N) is 1. The van der Waals surface area contributed by atoms with Crippen molar-refractivity contribution in [2.24, 2.45) is 10.9 Å². The van der Waals surface area contributed by atoms with Gasteiger partial charge in [0.1, 0.15) is 5.92 Å². The van der Waals surface area contributed by atoms with Gasteiger partial charge in [0.15, 0.2) is 0 Å². The molecule has 3 atom stereocenters. The van der Waals surface area contributed by atoms with Crippen LogP contribution in [0.2, 0.25) is 5.02 Å². The monoisotopic (exact) mass is 483 g/mol. The van der Waals surface area contributed by atoms with E-state index in [1.807, 2.05) is 36.4 Å². The molecule has 0 saturated carbocycles. The first-order chi connectivity index (χ1) is 16.4. The lowest BCUT2D eigenvalue weighted by molar-refractivity contribution is -0.146. The molecule has 2 aromatic carbocycles. The van der Waals surface area contributed by atoms with Gasteiger partial charge in [-0.1, -0.05) is 54.1 Å². The molecule has 1 aliphatic heterocycles. The molecular weight excluding hydrogens is 454 g/mol. The SMILES string of the molecule is CCOC(=O)C1=C(CCC(O)c2ccccc2)N=C(C)C(C(=O)OCC)C1c1cccc(Cl)c1. The van der Waals surface area contributed by atoms with Crippen LogP contribution in [0, 0.1) is 5.92 Å². The third kappa shape index (κ3) is 5.93. The number of ether oxygens (including phenoxy) is 2. The maximum absolute atomic E-state index is 13.2. The van der Waals surface area contributed by atoms with Crippen molar-refractivity contribution >= 4 is 29.3 Å². The molecule has 0 amide bonds. The van der Waals surface area contributed by atoms with Crippen molar-refractivity contribution in [2.75, 3.05) is 13.2 Å². The van der Waals surface area contributed by atoms with Gasteiger partial charge in [-0.3, -0.25) is 9.79 Å². The van der Waals surface area contributed by atoms with Gasteiger partial charge in [0.25, 0.3) is 0 Å². The first-order valence-corrected chi connectivity index (χ1v) is 11.9. The lowest BCUT2D eigenvalue weighted by atomic mass is 9.75. The van der Waals surface area contributed by atoms with Crippen molar-refractivity contribution in [2.45, 2.75) is 45.6 Å². The number of carbonyl (C=O) groups is 2. The number of aliphatic hydroxyl groups is 1. The van der Waals surface area contributed by atoms with Crippen molar-refractivity contribution < 1.29 is 24.2 Å². The fraction of sp³-hybridized carbons (Fsp3) is 0.370. The van der Waals surface area contributed by atoms with Crippen LogP contribution >= 0.6 is 11.6 Å². The Bertz CT molecular complexity index is 1080. The Morgan fingerprint density at radius 2 is 1.76 bits per heavy atom. The second-order valence-electron chi connectivity index (χ2n) is 8.06. The summed E-state index contributed by atoms with van der Waals surface area (Å²) in [6.07, 6.45) is -0.0421. The molecule has 0 aromatic heterocycles. The number of halogens is 1. The summed E-state index contributed by atoms with van der Waals surface area (Å²) in [5.74, 6) is -2.46. The molecule has 0 saturated heterocycles. The molecule has 0 aliphatic carbocycles. The van der Waals surface area contributed by atoms with Crippen molar-refractivity contribution in [1.82, 2.24) is 0 Å². The van der Waals surface area contributed by atoms with Crippen LogP contribution in [0.3, 0.4) is 0 Å². The molecule has 0 spiro atoms. The predicted molar refractivity (Wildman–Crippen MR) is 132 cm³/mol. The molecule has 180 valence electrons. The molecule has 3 rings (SSSR count). The van der Waals surface area contributed by atoms with Gasteiger partial charge in [0.2, 0.25) is 0 Å². The molecule has 0 bridgehead atoms. The van der Waals surface area contributed by atoms with Crippen molar-refractivity contribution in [3.8, 4) is 0 Å². The fourth-order valence-corrected chi connectivity index (χ4v) is 4.49. The first kappa shape index (κ1) is 25.7. The zero-order valence-electron chi connectivity index (χ0n) is 19.7. The summed E-state index contributed by atoms with van der Waals surface area (Å²) in [6.45, 7) is 5.61. The molecule has 2 aromatic rings. The van der Waals surface area contributed by atoms with Gasteiger partial charge < -0.3 is 14.6 Å². The minimum atomic E-state index is -0.791. The number of allylic oxidation sites excluding steroid dienone is 1. The molecule has 34 heavy (non-hydrogen) atoms. The summed E-state index contributed by atoms with van der Waals surface area (Å²) in [5, 5.41) is 11.2. The Morgan fingerprint density at radius 3 is 2.41 bits per heavy atom. The third-order valence-corrected chi connectivity index (χ3v) is 6.03. The number of carbonyl (C=O) groups excluding carboxylic acids is 2. The van der Waals surface area contributed by atoms with Gasteiger partial charge in [-0.05, 0) is 56.9 Å². The standard InChI is InChI=1S/C27H30ClNO5/c1-4-33-26(31)23-17(3)29-21(14-15-22(30)18-10-7-6-8-11-18)25(27(32)34-5-2)24(23)19-12-9-13-20(28)16-19/h6-13,16,22-24,30H,4-5,14-15H2,1-3H3. The fourth-order valence-electron chi connectivity index (χ4n) is 4.29. The van der Waals surface area contributed by atoms with Crippen LogP contribution in [-0.4, -0.2) is 36.0 Å². The second kappa shape index (κ2) is 12.0.